The van der Waals surface area contributed by atoms with E-state index in [0.29, 0.717) is 10.8 Å². The minimum Gasteiger partial charge on any atom is -0.383 e. The van der Waals surface area contributed by atoms with Gasteiger partial charge in [0.05, 0.1) is 0 Å². The van der Waals surface area contributed by atoms with Crippen LogP contribution in [0.5, 0.6) is 0 Å². The van der Waals surface area contributed by atoms with Crippen LogP contribution < -0.4 is 5.73 Å². The maximum absolute atomic E-state index is 6.20. The number of rotatable bonds is 1. The van der Waals surface area contributed by atoms with Gasteiger partial charge in [-0.1, -0.05) is 33.6 Å². The first kappa shape index (κ1) is 12.5. The number of halogens is 2. The van der Waals surface area contributed by atoms with E-state index in [9.17, 15) is 0 Å². The van der Waals surface area contributed by atoms with Crippen molar-refractivity contribution in [3.63, 3.8) is 0 Å². The van der Waals surface area contributed by atoms with E-state index in [1.165, 1.54) is 0 Å². The number of nitrogens with two attached hydrogens (primary N) is 1. The van der Waals surface area contributed by atoms with Gasteiger partial charge in [-0.3, -0.25) is 4.40 Å². The molecule has 0 saturated heterocycles. The number of hydrogen-bond acceptors (Lipinski definition) is 2. The van der Waals surface area contributed by atoms with Crippen LogP contribution in [0.4, 0.5) is 5.82 Å². The number of nitrogen functional groups attached to an aromatic ring is 1. The molecule has 2 N–H and O–H groups in total. The minimum absolute atomic E-state index is 0.613. The molecule has 3 nitrogen and oxygen atoms in total. The third-order valence-electron chi connectivity index (χ3n) is 3.07. The highest BCUT2D eigenvalue weighted by atomic mass is 79.9. The van der Waals surface area contributed by atoms with Gasteiger partial charge in [-0.15, -0.1) is 0 Å². The van der Waals surface area contributed by atoms with Gasteiger partial charge < -0.3 is 5.73 Å². The fraction of sp³-hybridized carbons (Fsp3) is 0.0714. The van der Waals surface area contributed by atoms with Crippen LogP contribution in [0.25, 0.3) is 16.9 Å². The summed E-state index contributed by atoms with van der Waals surface area (Å²) in [4.78, 5) is 4.63. The van der Waals surface area contributed by atoms with E-state index >= 15 is 0 Å². The second-order valence-electron chi connectivity index (χ2n) is 4.35. The Morgan fingerprint density at radius 2 is 2.11 bits per heavy atom. The van der Waals surface area contributed by atoms with E-state index in [1.54, 1.807) is 0 Å². The van der Waals surface area contributed by atoms with Crippen molar-refractivity contribution in [2.75, 3.05) is 5.73 Å². The molecule has 0 saturated carbocycles. The first-order valence-corrected chi connectivity index (χ1v) is 6.93. The summed E-state index contributed by atoms with van der Waals surface area (Å²) in [6.07, 6.45) is 1.91. The molecule has 5 heteroatoms. The van der Waals surface area contributed by atoms with Crippen LogP contribution in [-0.4, -0.2) is 9.38 Å². The van der Waals surface area contributed by atoms with Crippen molar-refractivity contribution in [3.05, 3.63) is 51.6 Å². The summed E-state index contributed by atoms with van der Waals surface area (Å²) in [6.45, 7) is 2.01. The molecule has 96 valence electrons. The molecule has 0 aliphatic rings. The average Bonchev–Trinajstić information content (AvgIpc) is 2.72. The first-order chi connectivity index (χ1) is 9.08. The molecule has 0 fully saturated rings. The van der Waals surface area contributed by atoms with Crippen molar-refractivity contribution in [3.8, 4) is 11.3 Å². The van der Waals surface area contributed by atoms with Crippen LogP contribution >= 0.6 is 27.5 Å². The first-order valence-electron chi connectivity index (χ1n) is 5.76. The smallest absolute Gasteiger partial charge is 0.142 e. The van der Waals surface area contributed by atoms with Crippen molar-refractivity contribution < 1.29 is 0 Å². The van der Waals surface area contributed by atoms with Gasteiger partial charge in [0.2, 0.25) is 0 Å². The Kier molecular flexibility index (Phi) is 2.99. The second-order valence-corrected chi connectivity index (χ2v) is 5.65. The van der Waals surface area contributed by atoms with E-state index in [4.69, 9.17) is 17.3 Å². The Hall–Kier alpha value is -1.52. The molecular weight excluding hydrogens is 326 g/mol. The van der Waals surface area contributed by atoms with Crippen molar-refractivity contribution in [2.24, 2.45) is 0 Å². The summed E-state index contributed by atoms with van der Waals surface area (Å²) < 4.78 is 2.81. The summed E-state index contributed by atoms with van der Waals surface area (Å²) in [7, 11) is 0. The Labute approximate surface area is 124 Å². The monoisotopic (exact) mass is 335 g/mol. The number of benzene rings is 1. The molecule has 2 aromatic heterocycles. The van der Waals surface area contributed by atoms with Crippen molar-refractivity contribution in [1.29, 1.82) is 0 Å². The normalized spacial score (nSPS) is 11.1. The lowest BCUT2D eigenvalue weighted by atomic mass is 10.1. The molecule has 0 bridgehead atoms. The largest absolute Gasteiger partial charge is 0.383 e. The number of nitrogens with zero attached hydrogens (tertiary/aromatic N) is 2. The molecule has 3 aromatic rings. The average molecular weight is 337 g/mol. The highest BCUT2D eigenvalue weighted by Crippen LogP contribution is 2.34. The van der Waals surface area contributed by atoms with Crippen LogP contribution in [0, 0.1) is 6.92 Å². The Balaban J connectivity index is 2.34. The lowest BCUT2D eigenvalue weighted by Gasteiger charge is -2.03. The molecule has 0 amide bonds. The number of aryl methyl sites for hydroxylation is 1. The topological polar surface area (TPSA) is 43.3 Å². The summed E-state index contributed by atoms with van der Waals surface area (Å²) in [6, 6.07) is 9.55. The fourth-order valence-electron chi connectivity index (χ4n) is 2.10. The van der Waals surface area contributed by atoms with Crippen LogP contribution in [0.15, 0.2) is 41.0 Å². The molecule has 1 aromatic carbocycles. The van der Waals surface area contributed by atoms with Crippen molar-refractivity contribution >= 4 is 39.0 Å². The predicted molar refractivity (Wildman–Crippen MR) is 82.5 cm³/mol. The predicted octanol–water partition coefficient (Wildman–Crippen LogP) is 4.31. The Morgan fingerprint density at radius 3 is 2.84 bits per heavy atom. The second kappa shape index (κ2) is 4.54. The summed E-state index contributed by atoms with van der Waals surface area (Å²) in [5.41, 5.74) is 9.78. The van der Waals surface area contributed by atoms with Crippen LogP contribution in [-0.2, 0) is 0 Å². The molecule has 0 spiro atoms. The van der Waals surface area contributed by atoms with Gasteiger partial charge >= 0.3 is 0 Å². The molecule has 19 heavy (non-hydrogen) atoms. The molecule has 0 aliphatic heterocycles. The number of aromatic nitrogens is 2. The molecule has 2 heterocycles. The van der Waals surface area contributed by atoms with Crippen molar-refractivity contribution in [1.82, 2.24) is 9.38 Å². The van der Waals surface area contributed by atoms with Gasteiger partial charge in [-0.2, -0.15) is 0 Å². The van der Waals surface area contributed by atoms with Gasteiger partial charge in [0, 0.05) is 21.3 Å². The van der Waals surface area contributed by atoms with Gasteiger partial charge in [-0.25, -0.2) is 4.98 Å². The Morgan fingerprint density at radius 1 is 1.32 bits per heavy atom. The molecule has 3 rings (SSSR count). The van der Waals surface area contributed by atoms with Gasteiger partial charge in [0.25, 0.3) is 0 Å². The summed E-state index contributed by atoms with van der Waals surface area (Å²) >= 11 is 9.57. The number of anilines is 1. The zero-order chi connectivity index (χ0) is 13.6. The summed E-state index contributed by atoms with van der Waals surface area (Å²) in [5, 5.41) is 0.659. The minimum atomic E-state index is 0.613. The molecule has 0 radical (unpaired) electrons. The number of pyridine rings is 1. The van der Waals surface area contributed by atoms with Crippen LogP contribution in [0.2, 0.25) is 5.02 Å². The van der Waals surface area contributed by atoms with E-state index in [1.807, 2.05) is 47.9 Å². The quantitative estimate of drug-likeness (QED) is 0.719. The lowest BCUT2D eigenvalue weighted by molar-refractivity contribution is 1.17. The SMILES string of the molecule is Cc1cccn2c(N)c(-c3cc(Cl)ccc3Br)nc12. The number of imidazole rings is 1. The third-order valence-corrected chi connectivity index (χ3v) is 3.99. The van der Waals surface area contributed by atoms with E-state index in [0.717, 1.165) is 26.9 Å². The molecule has 0 unspecified atom stereocenters. The van der Waals surface area contributed by atoms with Crippen molar-refractivity contribution in [2.45, 2.75) is 6.92 Å². The fourth-order valence-corrected chi connectivity index (χ4v) is 2.71. The van der Waals surface area contributed by atoms with E-state index in [2.05, 4.69) is 20.9 Å². The number of hydrogen-bond donors (Lipinski definition) is 1. The zero-order valence-corrected chi connectivity index (χ0v) is 12.5. The van der Waals surface area contributed by atoms with Crippen LogP contribution in [0.3, 0.4) is 0 Å². The Bertz CT molecular complexity index is 780. The molecule has 0 aliphatic carbocycles. The number of fused-ring (bicyclic) bond motifs is 1. The maximum atomic E-state index is 6.20. The standard InChI is InChI=1S/C14H11BrClN3/c1-8-3-2-6-19-13(17)12(18-14(8)19)10-7-9(16)4-5-11(10)15/h2-7H,17H2,1H3. The highest BCUT2D eigenvalue weighted by Gasteiger charge is 2.15. The van der Waals surface area contributed by atoms with Crippen LogP contribution in [0.1, 0.15) is 5.56 Å². The summed E-state index contributed by atoms with van der Waals surface area (Å²) in [5.74, 6) is 0.613. The maximum Gasteiger partial charge on any atom is 0.142 e. The van der Waals surface area contributed by atoms with Gasteiger partial charge in [0.1, 0.15) is 17.2 Å². The van der Waals surface area contributed by atoms with E-state index < -0.39 is 0 Å². The van der Waals surface area contributed by atoms with Gasteiger partial charge in [-0.05, 0) is 36.8 Å². The van der Waals surface area contributed by atoms with E-state index in [-0.39, 0.29) is 0 Å². The molecule has 0 atom stereocenters. The third kappa shape index (κ3) is 2.01. The zero-order valence-electron chi connectivity index (χ0n) is 10.2. The highest BCUT2D eigenvalue weighted by molar-refractivity contribution is 9.10. The molecular formula is C14H11BrClN3. The van der Waals surface area contributed by atoms with Gasteiger partial charge in [0.15, 0.2) is 0 Å². The lowest BCUT2D eigenvalue weighted by Crippen LogP contribution is -1.94.